The van der Waals surface area contributed by atoms with Gasteiger partial charge in [-0.15, -0.1) is 5.10 Å². The van der Waals surface area contributed by atoms with Gasteiger partial charge in [0.2, 0.25) is 0 Å². The van der Waals surface area contributed by atoms with Crippen molar-refractivity contribution in [3.8, 4) is 0 Å². The predicted molar refractivity (Wildman–Crippen MR) is 82.5 cm³/mol. The van der Waals surface area contributed by atoms with E-state index in [0.29, 0.717) is 6.04 Å². The Balaban J connectivity index is 2.09. The number of nitrogens with zero attached hydrogens (tertiary/aromatic N) is 3. The topological polar surface area (TPSA) is 42.7 Å². The van der Waals surface area contributed by atoms with Crippen molar-refractivity contribution in [2.24, 2.45) is 0 Å². The number of allylic oxidation sites excluding steroid dienone is 1. The highest BCUT2D eigenvalue weighted by molar-refractivity contribution is 5.13. The zero-order valence-electron chi connectivity index (χ0n) is 12.9. The van der Waals surface area contributed by atoms with E-state index in [1.165, 1.54) is 31.4 Å². The van der Waals surface area contributed by atoms with Crippen LogP contribution in [-0.4, -0.2) is 21.5 Å². The van der Waals surface area contributed by atoms with E-state index in [2.05, 4.69) is 40.2 Å². The van der Waals surface area contributed by atoms with Gasteiger partial charge in [-0.25, -0.2) is 4.68 Å². The molecule has 20 heavy (non-hydrogen) atoms. The Labute approximate surface area is 122 Å². The van der Waals surface area contributed by atoms with Crippen molar-refractivity contribution in [3.63, 3.8) is 0 Å². The minimum atomic E-state index is 0.362. The van der Waals surface area contributed by atoms with Crippen LogP contribution in [0.1, 0.15) is 70.5 Å². The lowest BCUT2D eigenvalue weighted by Gasteiger charge is -2.22. The molecule has 1 aromatic rings. The number of rotatable bonds is 8. The van der Waals surface area contributed by atoms with Gasteiger partial charge >= 0.3 is 0 Å². The van der Waals surface area contributed by atoms with Crippen LogP contribution in [0.25, 0.3) is 0 Å². The minimum Gasteiger partial charge on any atom is -0.308 e. The Morgan fingerprint density at radius 2 is 2.20 bits per heavy atom. The van der Waals surface area contributed by atoms with Crippen LogP contribution in [-0.2, 0) is 6.54 Å². The summed E-state index contributed by atoms with van der Waals surface area (Å²) in [4.78, 5) is 0. The Morgan fingerprint density at radius 3 is 2.90 bits per heavy atom. The lowest BCUT2D eigenvalue weighted by atomic mass is 9.93. The molecule has 1 atom stereocenters. The molecule has 0 radical (unpaired) electrons. The minimum absolute atomic E-state index is 0.362. The van der Waals surface area contributed by atoms with E-state index in [4.69, 9.17) is 0 Å². The summed E-state index contributed by atoms with van der Waals surface area (Å²) >= 11 is 0. The quantitative estimate of drug-likeness (QED) is 0.737. The average molecular weight is 276 g/mol. The number of aryl methyl sites for hydroxylation is 1. The van der Waals surface area contributed by atoms with Crippen molar-refractivity contribution in [2.75, 3.05) is 6.54 Å². The fraction of sp³-hybridized carbons (Fsp3) is 0.750. The summed E-state index contributed by atoms with van der Waals surface area (Å²) < 4.78 is 2.07. The van der Waals surface area contributed by atoms with E-state index >= 15 is 0 Å². The van der Waals surface area contributed by atoms with Crippen molar-refractivity contribution < 1.29 is 0 Å². The zero-order valence-corrected chi connectivity index (χ0v) is 12.9. The number of hydrogen-bond acceptors (Lipinski definition) is 3. The molecule has 0 spiro atoms. The number of aromatic nitrogens is 3. The fourth-order valence-electron chi connectivity index (χ4n) is 2.87. The summed E-state index contributed by atoms with van der Waals surface area (Å²) in [7, 11) is 0. The molecule has 1 aromatic heterocycles. The van der Waals surface area contributed by atoms with Gasteiger partial charge in [0.1, 0.15) is 0 Å². The van der Waals surface area contributed by atoms with E-state index in [0.717, 1.165) is 32.4 Å². The second-order valence-electron chi connectivity index (χ2n) is 5.70. The molecule has 0 fully saturated rings. The molecule has 4 heteroatoms. The molecule has 1 heterocycles. The van der Waals surface area contributed by atoms with Crippen LogP contribution >= 0.6 is 0 Å². The first kappa shape index (κ1) is 15.2. The first-order chi connectivity index (χ1) is 9.85. The fourth-order valence-corrected chi connectivity index (χ4v) is 2.87. The van der Waals surface area contributed by atoms with Crippen LogP contribution in [0.2, 0.25) is 0 Å². The molecule has 1 unspecified atom stereocenters. The van der Waals surface area contributed by atoms with E-state index in [-0.39, 0.29) is 0 Å². The van der Waals surface area contributed by atoms with Crippen LogP contribution in [0.5, 0.6) is 0 Å². The molecule has 0 saturated carbocycles. The third kappa shape index (κ3) is 4.17. The molecule has 112 valence electrons. The highest BCUT2D eigenvalue weighted by Crippen LogP contribution is 2.27. The summed E-state index contributed by atoms with van der Waals surface area (Å²) in [5, 5.41) is 12.0. The van der Waals surface area contributed by atoms with E-state index in [1.807, 2.05) is 6.20 Å². The maximum Gasteiger partial charge on any atom is 0.0759 e. The largest absolute Gasteiger partial charge is 0.308 e. The highest BCUT2D eigenvalue weighted by atomic mass is 15.4. The Morgan fingerprint density at radius 1 is 1.30 bits per heavy atom. The van der Waals surface area contributed by atoms with E-state index < -0.39 is 0 Å². The molecule has 1 aliphatic carbocycles. The van der Waals surface area contributed by atoms with E-state index in [1.54, 1.807) is 5.57 Å². The average Bonchev–Trinajstić information content (AvgIpc) is 2.93. The summed E-state index contributed by atoms with van der Waals surface area (Å²) in [6.45, 7) is 6.41. The molecular weight excluding hydrogens is 248 g/mol. The van der Waals surface area contributed by atoms with Gasteiger partial charge in [-0.3, -0.25) is 0 Å². The zero-order chi connectivity index (χ0) is 14.2. The van der Waals surface area contributed by atoms with Crippen LogP contribution in [0.15, 0.2) is 17.8 Å². The van der Waals surface area contributed by atoms with Gasteiger partial charge in [-0.2, -0.15) is 0 Å². The standard InChI is InChI=1S/C16H28N4/c1-3-10-17-15(12-14-8-6-5-7-9-14)16-13-18-19-20(16)11-4-2/h8,13,15,17H,3-7,9-12H2,1-2H3. The maximum absolute atomic E-state index is 4.24. The second kappa shape index (κ2) is 8.20. The van der Waals surface area contributed by atoms with Gasteiger partial charge in [-0.05, 0) is 51.5 Å². The SMILES string of the molecule is CCCNC(CC1=CCCCC1)c1cnnn1CCC. The molecule has 0 amide bonds. The Bertz CT molecular complexity index is 422. The first-order valence-electron chi connectivity index (χ1n) is 8.14. The maximum atomic E-state index is 4.24. The lowest BCUT2D eigenvalue weighted by molar-refractivity contribution is 0.456. The molecule has 0 aromatic carbocycles. The molecule has 2 rings (SSSR count). The van der Waals surface area contributed by atoms with Crippen molar-refractivity contribution in [3.05, 3.63) is 23.5 Å². The van der Waals surface area contributed by atoms with Gasteiger partial charge in [0, 0.05) is 6.54 Å². The highest BCUT2D eigenvalue weighted by Gasteiger charge is 2.18. The Hall–Kier alpha value is -1.16. The third-order valence-corrected chi connectivity index (χ3v) is 3.93. The molecule has 0 saturated heterocycles. The van der Waals surface area contributed by atoms with E-state index in [9.17, 15) is 0 Å². The summed E-state index contributed by atoms with van der Waals surface area (Å²) in [5.41, 5.74) is 2.85. The van der Waals surface area contributed by atoms with Crippen LogP contribution in [0.4, 0.5) is 0 Å². The lowest BCUT2D eigenvalue weighted by Crippen LogP contribution is -2.25. The van der Waals surface area contributed by atoms with Crippen LogP contribution in [0.3, 0.4) is 0 Å². The van der Waals surface area contributed by atoms with Crippen molar-refractivity contribution in [1.82, 2.24) is 20.3 Å². The molecule has 4 nitrogen and oxygen atoms in total. The smallest absolute Gasteiger partial charge is 0.0759 e. The molecular formula is C16H28N4. The molecule has 1 N–H and O–H groups in total. The molecule has 1 aliphatic rings. The van der Waals surface area contributed by atoms with Crippen LogP contribution < -0.4 is 5.32 Å². The van der Waals surface area contributed by atoms with Gasteiger partial charge in [-0.1, -0.05) is 30.7 Å². The normalized spacial score (nSPS) is 17.0. The predicted octanol–water partition coefficient (Wildman–Crippen LogP) is 3.62. The summed E-state index contributed by atoms with van der Waals surface area (Å²) in [6.07, 6.45) is 13.0. The van der Waals surface area contributed by atoms with Crippen molar-refractivity contribution in [1.29, 1.82) is 0 Å². The third-order valence-electron chi connectivity index (χ3n) is 3.93. The second-order valence-corrected chi connectivity index (χ2v) is 5.70. The van der Waals surface area contributed by atoms with Gasteiger partial charge in [0.25, 0.3) is 0 Å². The van der Waals surface area contributed by atoms with Gasteiger partial charge < -0.3 is 5.32 Å². The molecule has 0 bridgehead atoms. The van der Waals surface area contributed by atoms with Crippen LogP contribution in [0, 0.1) is 0 Å². The van der Waals surface area contributed by atoms with Gasteiger partial charge in [0.05, 0.1) is 17.9 Å². The number of hydrogen-bond donors (Lipinski definition) is 1. The number of nitrogens with one attached hydrogen (secondary N) is 1. The Kier molecular flexibility index (Phi) is 6.25. The summed E-state index contributed by atoms with van der Waals surface area (Å²) in [6, 6.07) is 0.362. The van der Waals surface area contributed by atoms with Crippen molar-refractivity contribution >= 4 is 0 Å². The summed E-state index contributed by atoms with van der Waals surface area (Å²) in [5.74, 6) is 0. The first-order valence-corrected chi connectivity index (χ1v) is 8.14. The molecule has 0 aliphatic heterocycles. The van der Waals surface area contributed by atoms with Gasteiger partial charge in [0.15, 0.2) is 0 Å². The monoisotopic (exact) mass is 276 g/mol. The van der Waals surface area contributed by atoms with Crippen molar-refractivity contribution in [2.45, 2.75) is 71.4 Å².